The fourth-order valence-electron chi connectivity index (χ4n) is 1.45. The van der Waals surface area contributed by atoms with Crippen molar-refractivity contribution in [2.75, 3.05) is 6.54 Å². The fourth-order valence-corrected chi connectivity index (χ4v) is 2.62. The Morgan fingerprint density at radius 1 is 1.25 bits per heavy atom. The van der Waals surface area contributed by atoms with Gasteiger partial charge in [-0.2, -0.15) is 0 Å². The molecule has 0 aliphatic heterocycles. The van der Waals surface area contributed by atoms with Crippen molar-refractivity contribution in [2.45, 2.75) is 26.2 Å². The van der Waals surface area contributed by atoms with Gasteiger partial charge in [0.05, 0.1) is 14.6 Å². The largest absolute Gasteiger partial charge is 0.369 e. The Bertz CT molecular complexity index is 354. The highest BCUT2D eigenvalue weighted by Gasteiger charge is 2.15. The Kier molecular flexibility index (Phi) is 4.26. The first kappa shape index (κ1) is 12.9. The second-order valence-corrected chi connectivity index (χ2v) is 10.1. The quantitative estimate of drug-likeness (QED) is 0.743. The first-order valence-electron chi connectivity index (χ1n) is 5.48. The van der Waals surface area contributed by atoms with E-state index in [1.165, 1.54) is 10.8 Å². The second kappa shape index (κ2) is 5.27. The van der Waals surface area contributed by atoms with Crippen molar-refractivity contribution in [3.63, 3.8) is 0 Å². The van der Waals surface area contributed by atoms with Gasteiger partial charge in [-0.3, -0.25) is 4.79 Å². The lowest BCUT2D eigenvalue weighted by Crippen LogP contribution is -2.37. The third-order valence-electron chi connectivity index (χ3n) is 2.45. The maximum absolute atomic E-state index is 10.5. The van der Waals surface area contributed by atoms with Crippen LogP contribution in [0.15, 0.2) is 24.3 Å². The molecule has 4 heteroatoms. The minimum absolute atomic E-state index is 0.232. The number of rotatable bonds is 5. The lowest BCUT2D eigenvalue weighted by atomic mass is 10.2. The molecule has 1 aromatic carbocycles. The number of hydrogen-bond acceptors (Lipinski definition) is 2. The molecule has 0 heterocycles. The molecule has 0 atom stereocenters. The summed E-state index contributed by atoms with van der Waals surface area (Å²) in [5.41, 5.74) is 6.23. The minimum atomic E-state index is -1.20. The van der Waals surface area contributed by atoms with Gasteiger partial charge in [0.2, 0.25) is 5.91 Å². The Labute approximate surface area is 98.1 Å². The van der Waals surface area contributed by atoms with Crippen LogP contribution >= 0.6 is 0 Å². The molecule has 0 bridgehead atoms. The number of benzene rings is 1. The number of carbonyl (C=O) groups excluding carboxylic acids is 1. The van der Waals surface area contributed by atoms with Crippen LogP contribution in [-0.4, -0.2) is 20.5 Å². The molecule has 0 aromatic heterocycles. The van der Waals surface area contributed by atoms with Crippen LogP contribution < -0.4 is 16.2 Å². The third kappa shape index (κ3) is 4.16. The normalized spacial score (nSPS) is 11.4. The van der Waals surface area contributed by atoms with Crippen molar-refractivity contribution in [3.05, 3.63) is 29.8 Å². The highest BCUT2D eigenvalue weighted by Crippen LogP contribution is 2.04. The van der Waals surface area contributed by atoms with E-state index in [2.05, 4.69) is 49.2 Å². The molecule has 1 rings (SSSR count). The van der Waals surface area contributed by atoms with E-state index in [1.54, 1.807) is 0 Å². The topological polar surface area (TPSA) is 55.1 Å². The van der Waals surface area contributed by atoms with E-state index in [-0.39, 0.29) is 12.5 Å². The summed E-state index contributed by atoms with van der Waals surface area (Å²) in [4.78, 5) is 10.5. The summed E-state index contributed by atoms with van der Waals surface area (Å²) in [7, 11) is -1.20. The third-order valence-corrected chi connectivity index (χ3v) is 4.51. The molecule has 3 N–H and O–H groups in total. The Hall–Kier alpha value is -1.13. The molecule has 0 unspecified atom stereocenters. The average molecular weight is 236 g/mol. The smallest absolute Gasteiger partial charge is 0.231 e. The van der Waals surface area contributed by atoms with Crippen LogP contribution in [0.4, 0.5) is 0 Å². The van der Waals surface area contributed by atoms with E-state index in [4.69, 9.17) is 5.73 Å². The van der Waals surface area contributed by atoms with Crippen LogP contribution in [0.25, 0.3) is 0 Å². The predicted octanol–water partition coefficient (Wildman–Crippen LogP) is 0.807. The summed E-state index contributed by atoms with van der Waals surface area (Å²) in [6.45, 7) is 7.90. The number of amides is 1. The van der Waals surface area contributed by atoms with Gasteiger partial charge in [0.15, 0.2) is 0 Å². The maximum atomic E-state index is 10.5. The SMILES string of the molecule is C[Si](C)(C)c1ccc(CNCC(N)=O)cc1. The Balaban J connectivity index is 2.55. The molecule has 3 nitrogen and oxygen atoms in total. The van der Waals surface area contributed by atoms with Gasteiger partial charge in [-0.05, 0) is 5.56 Å². The van der Waals surface area contributed by atoms with E-state index in [0.29, 0.717) is 6.54 Å². The molecule has 0 saturated carbocycles. The van der Waals surface area contributed by atoms with Gasteiger partial charge >= 0.3 is 0 Å². The van der Waals surface area contributed by atoms with Crippen molar-refractivity contribution < 1.29 is 4.79 Å². The van der Waals surface area contributed by atoms with Gasteiger partial charge in [-0.15, -0.1) is 0 Å². The standard InChI is InChI=1S/C12H20N2OSi/c1-16(2,3)11-6-4-10(5-7-11)8-14-9-12(13)15/h4-7,14H,8-9H2,1-3H3,(H2,13,15). The maximum Gasteiger partial charge on any atom is 0.231 e. The first-order chi connectivity index (χ1) is 7.39. The van der Waals surface area contributed by atoms with Crippen molar-refractivity contribution in [2.24, 2.45) is 5.73 Å². The molecular formula is C12H20N2OSi. The van der Waals surface area contributed by atoms with E-state index in [9.17, 15) is 4.79 Å². The van der Waals surface area contributed by atoms with Crippen molar-refractivity contribution in [1.82, 2.24) is 5.32 Å². The second-order valence-electron chi connectivity index (χ2n) is 5.02. The number of nitrogens with one attached hydrogen (secondary N) is 1. The molecule has 0 aliphatic carbocycles. The van der Waals surface area contributed by atoms with E-state index >= 15 is 0 Å². The number of primary amides is 1. The minimum Gasteiger partial charge on any atom is -0.369 e. The van der Waals surface area contributed by atoms with Crippen LogP contribution in [0.5, 0.6) is 0 Å². The molecule has 0 saturated heterocycles. The van der Waals surface area contributed by atoms with Gasteiger partial charge in [0, 0.05) is 6.54 Å². The zero-order valence-corrected chi connectivity index (χ0v) is 11.2. The zero-order valence-electron chi connectivity index (χ0n) is 10.2. The Morgan fingerprint density at radius 2 is 1.81 bits per heavy atom. The van der Waals surface area contributed by atoms with Crippen LogP contribution in [0.3, 0.4) is 0 Å². The van der Waals surface area contributed by atoms with E-state index in [0.717, 1.165) is 0 Å². The van der Waals surface area contributed by atoms with Crippen LogP contribution in [0.2, 0.25) is 19.6 Å². The summed E-state index contributed by atoms with van der Waals surface area (Å²) in [6, 6.07) is 8.60. The van der Waals surface area contributed by atoms with Crippen molar-refractivity contribution in [1.29, 1.82) is 0 Å². The summed E-state index contributed by atoms with van der Waals surface area (Å²) in [5.74, 6) is -0.321. The molecule has 16 heavy (non-hydrogen) atoms. The van der Waals surface area contributed by atoms with Gasteiger partial charge in [-0.25, -0.2) is 0 Å². The van der Waals surface area contributed by atoms with Crippen LogP contribution in [0.1, 0.15) is 5.56 Å². The first-order valence-corrected chi connectivity index (χ1v) is 8.98. The van der Waals surface area contributed by atoms with Gasteiger partial charge < -0.3 is 11.1 Å². The van der Waals surface area contributed by atoms with Crippen LogP contribution in [-0.2, 0) is 11.3 Å². The fraction of sp³-hybridized carbons (Fsp3) is 0.417. The average Bonchev–Trinajstić information content (AvgIpc) is 2.16. The lowest BCUT2D eigenvalue weighted by molar-refractivity contribution is -0.117. The highest BCUT2D eigenvalue weighted by molar-refractivity contribution is 6.88. The van der Waals surface area contributed by atoms with Gasteiger partial charge in [0.1, 0.15) is 0 Å². The van der Waals surface area contributed by atoms with Gasteiger partial charge in [0.25, 0.3) is 0 Å². The molecule has 1 amide bonds. The monoisotopic (exact) mass is 236 g/mol. The molecule has 0 fully saturated rings. The summed E-state index contributed by atoms with van der Waals surface area (Å²) in [5, 5.41) is 4.45. The zero-order chi connectivity index (χ0) is 12.2. The van der Waals surface area contributed by atoms with E-state index in [1.807, 2.05) is 0 Å². The van der Waals surface area contributed by atoms with Gasteiger partial charge in [-0.1, -0.05) is 49.1 Å². The number of carbonyl (C=O) groups is 1. The molecule has 0 aliphatic rings. The molecule has 0 spiro atoms. The summed E-state index contributed by atoms with van der Waals surface area (Å²) < 4.78 is 0. The van der Waals surface area contributed by atoms with Crippen molar-refractivity contribution in [3.8, 4) is 0 Å². The number of hydrogen-bond donors (Lipinski definition) is 2. The van der Waals surface area contributed by atoms with Crippen molar-refractivity contribution >= 4 is 19.2 Å². The molecular weight excluding hydrogens is 216 g/mol. The number of nitrogens with two attached hydrogens (primary N) is 1. The summed E-state index contributed by atoms with van der Waals surface area (Å²) >= 11 is 0. The molecule has 1 aromatic rings. The molecule has 0 radical (unpaired) electrons. The Morgan fingerprint density at radius 3 is 2.25 bits per heavy atom. The summed E-state index contributed by atoms with van der Waals surface area (Å²) in [6.07, 6.45) is 0. The molecule has 88 valence electrons. The van der Waals surface area contributed by atoms with Crippen LogP contribution in [0, 0.1) is 0 Å². The highest BCUT2D eigenvalue weighted by atomic mass is 28.3. The van der Waals surface area contributed by atoms with E-state index < -0.39 is 8.07 Å². The lowest BCUT2D eigenvalue weighted by Gasteiger charge is -2.16. The predicted molar refractivity (Wildman–Crippen MR) is 70.3 cm³/mol.